The molecule has 90 valence electrons. The minimum atomic E-state index is 1.07. The number of hydrogen-bond donors (Lipinski definition) is 0. The largest absolute Gasteiger partial charge is 0.330 e. The van der Waals surface area contributed by atoms with Crippen LogP contribution in [0.1, 0.15) is 0 Å². The highest BCUT2D eigenvalue weighted by Gasteiger charge is 2.05. The van der Waals surface area contributed by atoms with Crippen LogP contribution in [0.5, 0.6) is 0 Å². The first-order valence-corrected chi connectivity index (χ1v) is 5.76. The number of benzene rings is 1. The third-order valence-corrected chi connectivity index (χ3v) is 2.81. The summed E-state index contributed by atoms with van der Waals surface area (Å²) in [5.41, 5.74) is 2.15. The van der Waals surface area contributed by atoms with Crippen LogP contribution in [0.15, 0.2) is 49.1 Å². The molecule has 0 aliphatic heterocycles. The number of aryl methyl sites for hydroxylation is 2. The minimum absolute atomic E-state index is 1.07. The Balaban J connectivity index is 2.16. The Kier molecular flexibility index (Phi) is 2.48. The highest BCUT2D eigenvalue weighted by atomic mass is 15.1. The van der Waals surface area contributed by atoms with E-state index in [-0.39, 0.29) is 0 Å². The van der Waals surface area contributed by atoms with Gasteiger partial charge in [0.15, 0.2) is 0 Å². The lowest BCUT2D eigenvalue weighted by atomic mass is 10.2. The summed E-state index contributed by atoms with van der Waals surface area (Å²) in [6.07, 6.45) is 14.3. The molecule has 0 saturated carbocycles. The van der Waals surface area contributed by atoms with E-state index in [9.17, 15) is 0 Å². The van der Waals surface area contributed by atoms with E-state index < -0.39 is 0 Å². The van der Waals surface area contributed by atoms with Crippen molar-refractivity contribution in [2.24, 2.45) is 14.1 Å². The van der Waals surface area contributed by atoms with Gasteiger partial charge in [0.2, 0.25) is 12.7 Å². The molecule has 2 heterocycles. The summed E-state index contributed by atoms with van der Waals surface area (Å²) in [4.78, 5) is 0. The molecule has 1 aromatic carbocycles. The van der Waals surface area contributed by atoms with Gasteiger partial charge in [0.05, 0.1) is 25.5 Å². The van der Waals surface area contributed by atoms with Crippen LogP contribution in [0.25, 0.3) is 11.4 Å². The average Bonchev–Trinajstić information content (AvgIpc) is 2.98. The molecule has 4 heteroatoms. The minimum Gasteiger partial charge on any atom is -0.330 e. The molecule has 0 saturated heterocycles. The lowest BCUT2D eigenvalue weighted by molar-refractivity contribution is -0.675. The zero-order chi connectivity index (χ0) is 12.5. The van der Waals surface area contributed by atoms with Crippen LogP contribution in [0.4, 0.5) is 0 Å². The van der Waals surface area contributed by atoms with Gasteiger partial charge in [-0.1, -0.05) is 24.3 Å². The van der Waals surface area contributed by atoms with Crippen LogP contribution in [0.3, 0.4) is 0 Å². The van der Waals surface area contributed by atoms with E-state index in [4.69, 9.17) is 0 Å². The Labute approximate surface area is 106 Å². The highest BCUT2D eigenvalue weighted by molar-refractivity contribution is 5.46. The number of aromatic nitrogens is 4. The molecule has 0 aliphatic rings. The van der Waals surface area contributed by atoms with Crippen LogP contribution in [-0.2, 0) is 14.1 Å². The van der Waals surface area contributed by atoms with Crippen molar-refractivity contribution in [1.29, 1.82) is 0 Å². The number of imidazole rings is 2. The van der Waals surface area contributed by atoms with Crippen molar-refractivity contribution in [2.45, 2.75) is 0 Å². The molecule has 3 rings (SSSR count). The van der Waals surface area contributed by atoms with E-state index in [1.807, 2.05) is 69.3 Å². The lowest BCUT2D eigenvalue weighted by Gasteiger charge is -2.11. The van der Waals surface area contributed by atoms with Crippen LogP contribution >= 0.6 is 0 Å². The summed E-state index contributed by atoms with van der Waals surface area (Å²) in [6.45, 7) is 0. The number of hydrogen-bond acceptors (Lipinski definition) is 0. The summed E-state index contributed by atoms with van der Waals surface area (Å²) in [5, 5.41) is 0. The second-order valence-electron chi connectivity index (χ2n) is 4.25. The fourth-order valence-corrected chi connectivity index (χ4v) is 1.95. The van der Waals surface area contributed by atoms with Crippen molar-refractivity contribution in [3.8, 4) is 11.4 Å². The predicted molar refractivity (Wildman–Crippen MR) is 65.1 cm³/mol. The maximum Gasteiger partial charge on any atom is 0.242 e. The molecular weight excluding hydrogens is 224 g/mol. The van der Waals surface area contributed by atoms with Gasteiger partial charge in [0.25, 0.3) is 0 Å². The first-order chi connectivity index (χ1) is 8.74. The smallest absolute Gasteiger partial charge is 0.242 e. The van der Waals surface area contributed by atoms with Gasteiger partial charge in [0.1, 0.15) is 0 Å². The van der Waals surface area contributed by atoms with Crippen molar-refractivity contribution in [3.05, 3.63) is 61.7 Å². The topological polar surface area (TPSA) is 17.6 Å². The average molecular weight is 238 g/mol. The van der Waals surface area contributed by atoms with Crippen molar-refractivity contribution in [3.63, 3.8) is 0 Å². The molecule has 0 atom stereocenters. The Morgan fingerprint density at radius 2 is 1.89 bits per heavy atom. The van der Waals surface area contributed by atoms with E-state index in [0.717, 1.165) is 11.4 Å². The van der Waals surface area contributed by atoms with Gasteiger partial charge in [-0.25, -0.2) is 0 Å². The van der Waals surface area contributed by atoms with E-state index in [1.54, 1.807) is 0 Å². The first kappa shape index (κ1) is 10.8. The summed E-state index contributed by atoms with van der Waals surface area (Å²) in [6, 6.07) is 8.19. The third-order valence-electron chi connectivity index (χ3n) is 2.81. The Hall–Kier alpha value is -2.36. The van der Waals surface area contributed by atoms with E-state index >= 15 is 0 Å². The molecule has 18 heavy (non-hydrogen) atoms. The SMILES string of the molecule is Cn1[c-][n+](-c2ccccc2-n2[c-][n+](C)cc2)cc1. The zero-order valence-corrected chi connectivity index (χ0v) is 10.4. The summed E-state index contributed by atoms with van der Waals surface area (Å²) < 4.78 is 7.75. The van der Waals surface area contributed by atoms with Gasteiger partial charge in [0, 0.05) is 24.8 Å². The molecule has 0 fully saturated rings. The van der Waals surface area contributed by atoms with E-state index in [2.05, 4.69) is 24.8 Å². The summed E-state index contributed by atoms with van der Waals surface area (Å²) in [7, 11) is 3.92. The quantitative estimate of drug-likeness (QED) is 0.457. The Morgan fingerprint density at radius 3 is 2.56 bits per heavy atom. The van der Waals surface area contributed by atoms with Gasteiger partial charge in [-0.05, 0) is 0 Å². The molecule has 0 bridgehead atoms. The molecule has 0 amide bonds. The molecule has 2 aromatic heterocycles. The van der Waals surface area contributed by atoms with E-state index in [0.29, 0.717) is 0 Å². The number of rotatable bonds is 2. The van der Waals surface area contributed by atoms with Crippen LogP contribution in [-0.4, -0.2) is 9.13 Å². The van der Waals surface area contributed by atoms with Crippen molar-refractivity contribution in [1.82, 2.24) is 9.13 Å². The Morgan fingerprint density at radius 1 is 1.06 bits per heavy atom. The van der Waals surface area contributed by atoms with Crippen LogP contribution in [0, 0.1) is 12.7 Å². The van der Waals surface area contributed by atoms with Crippen molar-refractivity contribution >= 4 is 0 Å². The van der Waals surface area contributed by atoms with E-state index in [1.165, 1.54) is 0 Å². The summed E-state index contributed by atoms with van der Waals surface area (Å²) in [5.74, 6) is 0. The second-order valence-corrected chi connectivity index (χ2v) is 4.25. The van der Waals surface area contributed by atoms with Gasteiger partial charge < -0.3 is 18.3 Å². The Bertz CT molecular complexity index is 619. The third kappa shape index (κ3) is 1.82. The van der Waals surface area contributed by atoms with Crippen LogP contribution in [0.2, 0.25) is 0 Å². The number of para-hydroxylation sites is 2. The molecule has 0 radical (unpaired) electrons. The highest BCUT2D eigenvalue weighted by Crippen LogP contribution is 2.12. The second kappa shape index (κ2) is 4.14. The molecular formula is C14H14N4. The number of nitrogens with zero attached hydrogens (tertiary/aromatic N) is 4. The van der Waals surface area contributed by atoms with Crippen molar-refractivity contribution < 1.29 is 9.13 Å². The fourth-order valence-electron chi connectivity index (χ4n) is 1.95. The molecule has 3 aromatic rings. The maximum atomic E-state index is 3.21. The van der Waals surface area contributed by atoms with Gasteiger partial charge in [-0.3, -0.25) is 0 Å². The maximum absolute atomic E-state index is 3.21. The standard InChI is InChI=1S/C14H14N4/c1-15-7-9-17(11-15)13-5-3-4-6-14(13)18-10-8-16(2)12-18/h3-10H,1-2H3. The fraction of sp³-hybridized carbons (Fsp3) is 0.143. The molecule has 4 nitrogen and oxygen atoms in total. The zero-order valence-electron chi connectivity index (χ0n) is 10.4. The van der Waals surface area contributed by atoms with Crippen molar-refractivity contribution in [2.75, 3.05) is 0 Å². The van der Waals surface area contributed by atoms with Gasteiger partial charge in [-0.15, -0.1) is 0 Å². The van der Waals surface area contributed by atoms with Gasteiger partial charge in [-0.2, -0.15) is 0 Å². The molecule has 0 spiro atoms. The lowest BCUT2D eigenvalue weighted by Crippen LogP contribution is -2.30. The molecule has 0 N–H and O–H groups in total. The van der Waals surface area contributed by atoms with Crippen LogP contribution < -0.4 is 9.13 Å². The molecule has 0 unspecified atom stereocenters. The molecule has 0 aliphatic carbocycles. The first-order valence-electron chi connectivity index (χ1n) is 5.76. The monoisotopic (exact) mass is 238 g/mol. The predicted octanol–water partition coefficient (Wildman–Crippen LogP) is 0.517. The van der Waals surface area contributed by atoms with Gasteiger partial charge >= 0.3 is 0 Å². The normalized spacial score (nSPS) is 10.8. The summed E-state index contributed by atoms with van der Waals surface area (Å²) >= 11 is 0.